The minimum absolute atomic E-state index is 0.0353. The average Bonchev–Trinajstić information content (AvgIpc) is 1.60. The Hall–Kier alpha value is -12.5. The third-order valence-corrected chi connectivity index (χ3v) is 17.4. The van der Waals surface area contributed by atoms with Gasteiger partial charge in [-0.25, -0.2) is 22.0 Å². The van der Waals surface area contributed by atoms with Gasteiger partial charge in [-0.2, -0.15) is 5.26 Å². The van der Waals surface area contributed by atoms with E-state index >= 15 is 22.0 Å². The molecule has 0 aliphatic carbocycles. The van der Waals surface area contributed by atoms with E-state index in [1.807, 2.05) is 228 Å². The van der Waals surface area contributed by atoms with E-state index in [2.05, 4.69) is 30.3 Å². The van der Waals surface area contributed by atoms with Crippen molar-refractivity contribution >= 4 is 43.6 Å². The average molecular weight is 1210 g/mol. The van der Waals surface area contributed by atoms with Gasteiger partial charge in [-0.3, -0.25) is 19.9 Å². The standard InChI is InChI=1S/C81H46F5N7/c82-77-76(78(83)80(85)81(86)79(77)84)60-45-74(92-70-25-21-52(56-29-33-88-66(41-56)48-13-5-1-6-14-48)37-61(70)62-38-53(22-26-71(62)92)57-30-34-89-67(42-57)49-15-7-2-8-16-49)65(47-87)75(46-60)93-72-27-23-54(58-31-35-90-68(43-58)50-17-9-3-10-18-50)39-63(72)64-40-55(24-28-73(64)93)59-32-36-91-69(44-59)51-19-11-4-12-20-51/h1-46H. The summed E-state index contributed by atoms with van der Waals surface area (Å²) in [6.45, 7) is 0. The van der Waals surface area contributed by atoms with Crippen molar-refractivity contribution in [1.29, 1.82) is 5.26 Å². The van der Waals surface area contributed by atoms with Crippen LogP contribution in [-0.2, 0) is 0 Å². The van der Waals surface area contributed by atoms with Crippen molar-refractivity contribution < 1.29 is 22.0 Å². The summed E-state index contributed by atoms with van der Waals surface area (Å²) in [5.41, 5.74) is 14.7. The molecule has 0 fully saturated rings. The number of rotatable bonds is 11. The first-order valence-corrected chi connectivity index (χ1v) is 30.0. The summed E-state index contributed by atoms with van der Waals surface area (Å²) < 4.78 is 84.0. The van der Waals surface area contributed by atoms with E-state index in [9.17, 15) is 5.26 Å². The minimum atomic E-state index is -2.30. The van der Waals surface area contributed by atoms with Crippen LogP contribution in [0.2, 0.25) is 0 Å². The second-order valence-corrected chi connectivity index (χ2v) is 22.7. The molecule has 0 atom stereocenters. The Labute approximate surface area is 529 Å². The van der Waals surface area contributed by atoms with Crippen LogP contribution < -0.4 is 0 Å². The summed E-state index contributed by atoms with van der Waals surface area (Å²) in [5, 5.41) is 15.0. The molecule has 0 spiro atoms. The molecule has 16 rings (SSSR count). The van der Waals surface area contributed by atoms with Gasteiger partial charge in [0.15, 0.2) is 23.3 Å². The van der Waals surface area contributed by atoms with E-state index in [1.54, 1.807) is 24.8 Å². The van der Waals surface area contributed by atoms with Crippen molar-refractivity contribution in [2.45, 2.75) is 0 Å². The molecule has 0 saturated heterocycles. The molecule has 0 amide bonds. The van der Waals surface area contributed by atoms with E-state index in [0.717, 1.165) is 111 Å². The van der Waals surface area contributed by atoms with Crippen LogP contribution in [0, 0.1) is 40.4 Å². The number of pyridine rings is 4. The Morgan fingerprint density at radius 3 is 0.785 bits per heavy atom. The normalized spacial score (nSPS) is 11.5. The highest BCUT2D eigenvalue weighted by atomic mass is 19.2. The Kier molecular flexibility index (Phi) is 13.7. The van der Waals surface area contributed by atoms with Crippen LogP contribution in [0.3, 0.4) is 0 Å². The molecule has 0 radical (unpaired) electrons. The summed E-state index contributed by atoms with van der Waals surface area (Å²) >= 11 is 0. The van der Waals surface area contributed by atoms with E-state index < -0.39 is 34.6 Å². The topological polar surface area (TPSA) is 85.2 Å². The van der Waals surface area contributed by atoms with Crippen molar-refractivity contribution in [2.75, 3.05) is 0 Å². The number of fused-ring (bicyclic) bond motifs is 6. The molecule has 93 heavy (non-hydrogen) atoms. The number of aromatic nitrogens is 6. The van der Waals surface area contributed by atoms with Crippen LogP contribution in [0.1, 0.15) is 5.56 Å². The first kappa shape index (κ1) is 55.8. The predicted molar refractivity (Wildman–Crippen MR) is 360 cm³/mol. The first-order valence-electron chi connectivity index (χ1n) is 30.0. The zero-order valence-electron chi connectivity index (χ0n) is 49.1. The SMILES string of the molecule is N#Cc1c(-n2c3ccc(-c4ccnc(-c5ccccc5)c4)cc3c3cc(-c4ccnc(-c5ccccc5)c4)ccc32)cc(-c2c(F)c(F)c(F)c(F)c2F)cc1-n1c2ccc(-c3ccnc(-c4ccccc4)c3)cc2c2cc(-c3ccnc(-c4ccccc4)c3)ccc21. The fourth-order valence-corrected chi connectivity index (χ4v) is 12.9. The predicted octanol–water partition coefficient (Wildman–Crippen LogP) is 21.0. The second kappa shape index (κ2) is 22.8. The van der Waals surface area contributed by atoms with Crippen molar-refractivity contribution in [3.05, 3.63) is 314 Å². The number of hydrogen-bond acceptors (Lipinski definition) is 5. The Morgan fingerprint density at radius 2 is 0.516 bits per heavy atom. The van der Waals surface area contributed by atoms with Crippen LogP contribution in [0.15, 0.2) is 280 Å². The number of benzene rings is 10. The quantitative estimate of drug-likeness (QED) is 0.0732. The largest absolute Gasteiger partial charge is 0.308 e. The van der Waals surface area contributed by atoms with Crippen LogP contribution in [0.4, 0.5) is 22.0 Å². The molecular weight excluding hydrogens is 1170 g/mol. The van der Waals surface area contributed by atoms with Crippen LogP contribution in [0.25, 0.3) is 156 Å². The molecule has 16 aromatic rings. The third-order valence-electron chi connectivity index (χ3n) is 17.4. The van der Waals surface area contributed by atoms with Gasteiger partial charge >= 0.3 is 0 Å². The van der Waals surface area contributed by atoms with Gasteiger partial charge in [-0.05, 0) is 159 Å². The van der Waals surface area contributed by atoms with Crippen LogP contribution >= 0.6 is 0 Å². The van der Waals surface area contributed by atoms with Gasteiger partial charge in [-0.1, -0.05) is 146 Å². The highest BCUT2D eigenvalue weighted by molar-refractivity contribution is 6.14. The van der Waals surface area contributed by atoms with Gasteiger partial charge in [-0.15, -0.1) is 0 Å². The lowest BCUT2D eigenvalue weighted by molar-refractivity contribution is 0.381. The molecule has 6 aromatic heterocycles. The molecule has 0 aliphatic heterocycles. The summed E-state index contributed by atoms with van der Waals surface area (Å²) in [6.07, 6.45) is 7.06. The zero-order valence-corrected chi connectivity index (χ0v) is 49.1. The van der Waals surface area contributed by atoms with Crippen molar-refractivity contribution in [3.63, 3.8) is 0 Å². The monoisotopic (exact) mass is 1210 g/mol. The molecule has 10 aromatic carbocycles. The summed E-state index contributed by atoms with van der Waals surface area (Å²) in [4.78, 5) is 18.8. The van der Waals surface area contributed by atoms with Crippen LogP contribution in [0.5, 0.6) is 0 Å². The van der Waals surface area contributed by atoms with Gasteiger partial charge in [0.05, 0.1) is 61.8 Å². The smallest absolute Gasteiger partial charge is 0.200 e. The molecule has 440 valence electrons. The fourth-order valence-electron chi connectivity index (χ4n) is 12.9. The van der Waals surface area contributed by atoms with Crippen molar-refractivity contribution in [1.82, 2.24) is 29.1 Å². The molecule has 6 heterocycles. The highest BCUT2D eigenvalue weighted by Gasteiger charge is 2.30. The number of halogens is 5. The molecule has 0 saturated carbocycles. The maximum absolute atomic E-state index is 16.8. The second-order valence-electron chi connectivity index (χ2n) is 22.7. The summed E-state index contributed by atoms with van der Waals surface area (Å²) in [7, 11) is 0. The fraction of sp³-hybridized carbons (Fsp3) is 0. The molecule has 0 bridgehead atoms. The van der Waals surface area contributed by atoms with E-state index in [-0.39, 0.29) is 22.5 Å². The lowest BCUT2D eigenvalue weighted by Crippen LogP contribution is -2.08. The van der Waals surface area contributed by atoms with Gasteiger partial charge in [0.1, 0.15) is 11.6 Å². The maximum Gasteiger partial charge on any atom is 0.200 e. The molecule has 0 unspecified atom stereocenters. The Balaban J connectivity index is 0.974. The molecular formula is C81H46F5N7. The van der Waals surface area contributed by atoms with Gasteiger partial charge in [0.25, 0.3) is 0 Å². The lowest BCUT2D eigenvalue weighted by Gasteiger charge is -2.19. The molecule has 0 N–H and O–H groups in total. The van der Waals surface area contributed by atoms with Crippen LogP contribution in [-0.4, -0.2) is 29.1 Å². The Bertz CT molecular complexity index is 5090. The van der Waals surface area contributed by atoms with E-state index in [0.29, 0.717) is 22.1 Å². The maximum atomic E-state index is 16.8. The van der Waals surface area contributed by atoms with Gasteiger partial charge < -0.3 is 9.13 Å². The number of hydrogen-bond donors (Lipinski definition) is 0. The van der Waals surface area contributed by atoms with Crippen molar-refractivity contribution in [2.24, 2.45) is 0 Å². The molecule has 7 nitrogen and oxygen atoms in total. The first-order chi connectivity index (χ1) is 45.6. The van der Waals surface area contributed by atoms with E-state index in [4.69, 9.17) is 19.9 Å². The minimum Gasteiger partial charge on any atom is -0.308 e. The lowest BCUT2D eigenvalue weighted by atomic mass is 9.98. The van der Waals surface area contributed by atoms with Crippen molar-refractivity contribution in [3.8, 4) is 118 Å². The number of nitriles is 1. The number of nitrogens with zero attached hydrogens (tertiary/aromatic N) is 7. The molecule has 0 aliphatic rings. The van der Waals surface area contributed by atoms with Gasteiger partial charge in [0, 0.05) is 68.6 Å². The van der Waals surface area contributed by atoms with Gasteiger partial charge in [0.2, 0.25) is 5.82 Å². The summed E-state index contributed by atoms with van der Waals surface area (Å²) in [6, 6.07) is 84.2. The third kappa shape index (κ3) is 9.74. The summed E-state index contributed by atoms with van der Waals surface area (Å²) in [5.74, 6) is -10.6. The highest BCUT2D eigenvalue weighted by Crippen LogP contribution is 2.45. The van der Waals surface area contributed by atoms with E-state index in [1.165, 1.54) is 12.1 Å². The Morgan fingerprint density at radius 1 is 0.258 bits per heavy atom. The zero-order chi connectivity index (χ0) is 62.8. The molecule has 12 heteroatoms.